The van der Waals surface area contributed by atoms with Gasteiger partial charge in [0, 0.05) is 24.7 Å². The first-order chi connectivity index (χ1) is 10.2. The van der Waals surface area contributed by atoms with Crippen LogP contribution in [0.5, 0.6) is 0 Å². The number of carbonyl (C=O) groups excluding carboxylic acids is 1. The number of nitrogens with one attached hydrogen (secondary N) is 1. The summed E-state index contributed by atoms with van der Waals surface area (Å²) in [6, 6.07) is 8.42. The minimum absolute atomic E-state index is 0.00844. The van der Waals surface area contributed by atoms with E-state index in [1.165, 1.54) is 31.2 Å². The normalized spacial score (nSPS) is 15.6. The van der Waals surface area contributed by atoms with Gasteiger partial charge in [-0.1, -0.05) is 25.0 Å². The van der Waals surface area contributed by atoms with Gasteiger partial charge in [0.05, 0.1) is 0 Å². The predicted octanol–water partition coefficient (Wildman–Crippen LogP) is 1.79. The number of nitrogens with zero attached hydrogens (tertiary/aromatic N) is 1. The van der Waals surface area contributed by atoms with Gasteiger partial charge in [0.2, 0.25) is 0 Å². The molecule has 0 aromatic heterocycles. The van der Waals surface area contributed by atoms with Crippen LogP contribution in [0.3, 0.4) is 0 Å². The van der Waals surface area contributed by atoms with Crippen molar-refractivity contribution in [2.24, 2.45) is 5.73 Å². The van der Waals surface area contributed by atoms with Crippen molar-refractivity contribution in [3.05, 3.63) is 35.4 Å². The highest BCUT2D eigenvalue weighted by Gasteiger charge is 2.19. The molecule has 0 bridgehead atoms. The number of nitrogens with two attached hydrogens (primary N) is 1. The summed E-state index contributed by atoms with van der Waals surface area (Å²) < 4.78 is 0. The van der Waals surface area contributed by atoms with E-state index < -0.39 is 0 Å². The van der Waals surface area contributed by atoms with E-state index >= 15 is 0 Å². The fraction of sp³-hybridized carbons (Fsp3) is 0.588. The summed E-state index contributed by atoms with van der Waals surface area (Å²) in [5, 5.41) is 3.00. The topological polar surface area (TPSA) is 58.4 Å². The zero-order valence-electron chi connectivity index (χ0n) is 13.0. The number of hydrogen-bond donors (Lipinski definition) is 2. The molecule has 1 saturated carbocycles. The van der Waals surface area contributed by atoms with Gasteiger partial charge >= 0.3 is 0 Å². The van der Waals surface area contributed by atoms with E-state index in [4.69, 9.17) is 5.73 Å². The molecule has 4 nitrogen and oxygen atoms in total. The molecule has 1 aromatic rings. The summed E-state index contributed by atoms with van der Waals surface area (Å²) in [5.74, 6) is 0.00844. The minimum Gasteiger partial charge on any atom is -0.351 e. The molecule has 21 heavy (non-hydrogen) atoms. The van der Waals surface area contributed by atoms with Crippen LogP contribution in [-0.4, -0.2) is 43.5 Å². The van der Waals surface area contributed by atoms with Crippen LogP contribution >= 0.6 is 0 Å². The Balaban J connectivity index is 1.73. The highest BCUT2D eigenvalue weighted by atomic mass is 16.1. The van der Waals surface area contributed by atoms with Gasteiger partial charge in [0.25, 0.3) is 5.91 Å². The molecule has 116 valence electrons. The van der Waals surface area contributed by atoms with Crippen LogP contribution in [0.15, 0.2) is 24.3 Å². The Morgan fingerprint density at radius 1 is 1.29 bits per heavy atom. The largest absolute Gasteiger partial charge is 0.351 e. The summed E-state index contributed by atoms with van der Waals surface area (Å²) in [5.41, 5.74) is 7.42. The van der Waals surface area contributed by atoms with Gasteiger partial charge in [0.15, 0.2) is 0 Å². The van der Waals surface area contributed by atoms with Crippen molar-refractivity contribution in [3.63, 3.8) is 0 Å². The molecule has 2 rings (SSSR count). The molecular weight excluding hydrogens is 262 g/mol. The molecule has 4 heteroatoms. The van der Waals surface area contributed by atoms with Crippen molar-refractivity contribution in [1.29, 1.82) is 0 Å². The van der Waals surface area contributed by atoms with Crippen LogP contribution in [0.4, 0.5) is 0 Å². The third-order valence-corrected chi connectivity index (χ3v) is 4.35. The lowest BCUT2D eigenvalue weighted by Gasteiger charge is -2.23. The van der Waals surface area contributed by atoms with E-state index in [9.17, 15) is 4.79 Å². The van der Waals surface area contributed by atoms with Crippen LogP contribution in [0, 0.1) is 0 Å². The van der Waals surface area contributed by atoms with E-state index in [-0.39, 0.29) is 5.91 Å². The van der Waals surface area contributed by atoms with E-state index in [1.54, 1.807) is 0 Å². The summed E-state index contributed by atoms with van der Waals surface area (Å²) >= 11 is 0. The lowest BCUT2D eigenvalue weighted by molar-refractivity contribution is 0.0947. The predicted molar refractivity (Wildman–Crippen MR) is 86.4 cm³/mol. The highest BCUT2D eigenvalue weighted by Crippen LogP contribution is 2.21. The first-order valence-corrected chi connectivity index (χ1v) is 7.98. The van der Waals surface area contributed by atoms with Gasteiger partial charge in [-0.3, -0.25) is 4.79 Å². The Kier molecular flexibility index (Phi) is 6.21. The Bertz CT molecular complexity index is 438. The highest BCUT2D eigenvalue weighted by molar-refractivity contribution is 5.94. The standard InChI is InChI=1S/C17H27N3O/c1-20(16-4-2-3-5-16)13-12-19-17(21)15-8-6-14(7-9-15)10-11-18/h6-9,16H,2-5,10-13,18H2,1H3,(H,19,21). The van der Waals surface area contributed by atoms with Crippen molar-refractivity contribution >= 4 is 5.91 Å². The minimum atomic E-state index is 0.00844. The van der Waals surface area contributed by atoms with E-state index in [0.717, 1.165) is 18.5 Å². The maximum absolute atomic E-state index is 12.1. The lowest BCUT2D eigenvalue weighted by Crippen LogP contribution is -2.37. The molecule has 0 atom stereocenters. The second kappa shape index (κ2) is 8.15. The first kappa shape index (κ1) is 16.0. The monoisotopic (exact) mass is 289 g/mol. The van der Waals surface area contributed by atoms with Crippen LogP contribution in [0.25, 0.3) is 0 Å². The molecule has 0 aliphatic heterocycles. The Hall–Kier alpha value is -1.39. The molecule has 0 spiro atoms. The fourth-order valence-electron chi connectivity index (χ4n) is 2.96. The van der Waals surface area contributed by atoms with E-state index in [2.05, 4.69) is 17.3 Å². The van der Waals surface area contributed by atoms with Crippen LogP contribution in [0.1, 0.15) is 41.6 Å². The van der Waals surface area contributed by atoms with Gasteiger partial charge in [-0.05, 0) is 50.6 Å². The average molecular weight is 289 g/mol. The second-order valence-electron chi connectivity index (χ2n) is 5.91. The molecule has 0 saturated heterocycles. The van der Waals surface area contributed by atoms with Crippen LogP contribution < -0.4 is 11.1 Å². The Morgan fingerprint density at radius 3 is 2.57 bits per heavy atom. The number of benzene rings is 1. The van der Waals surface area contributed by atoms with Crippen molar-refractivity contribution in [2.75, 3.05) is 26.7 Å². The molecule has 1 fully saturated rings. The van der Waals surface area contributed by atoms with Crippen molar-refractivity contribution in [1.82, 2.24) is 10.2 Å². The zero-order chi connectivity index (χ0) is 15.1. The third-order valence-electron chi connectivity index (χ3n) is 4.35. The number of amides is 1. The number of carbonyl (C=O) groups is 1. The van der Waals surface area contributed by atoms with Crippen molar-refractivity contribution < 1.29 is 4.79 Å². The smallest absolute Gasteiger partial charge is 0.251 e. The molecule has 0 heterocycles. The molecule has 1 aromatic carbocycles. The molecule has 1 aliphatic carbocycles. The van der Waals surface area contributed by atoms with Gasteiger partial charge in [-0.15, -0.1) is 0 Å². The maximum atomic E-state index is 12.1. The van der Waals surface area contributed by atoms with Crippen LogP contribution in [-0.2, 0) is 6.42 Å². The summed E-state index contributed by atoms with van der Waals surface area (Å²) in [4.78, 5) is 14.4. The fourth-order valence-corrected chi connectivity index (χ4v) is 2.96. The van der Waals surface area contributed by atoms with Crippen molar-refractivity contribution in [2.45, 2.75) is 38.1 Å². The molecule has 0 radical (unpaired) electrons. The maximum Gasteiger partial charge on any atom is 0.251 e. The zero-order valence-corrected chi connectivity index (χ0v) is 13.0. The molecule has 3 N–H and O–H groups in total. The molecule has 1 amide bonds. The SMILES string of the molecule is CN(CCNC(=O)c1ccc(CCN)cc1)C1CCCC1. The summed E-state index contributed by atoms with van der Waals surface area (Å²) in [7, 11) is 2.16. The van der Waals surface area contributed by atoms with Gasteiger partial charge in [-0.25, -0.2) is 0 Å². The first-order valence-electron chi connectivity index (χ1n) is 7.98. The van der Waals surface area contributed by atoms with Crippen molar-refractivity contribution in [3.8, 4) is 0 Å². The lowest BCUT2D eigenvalue weighted by atomic mass is 10.1. The van der Waals surface area contributed by atoms with E-state index in [1.807, 2.05) is 24.3 Å². The Labute approximate surface area is 127 Å². The second-order valence-corrected chi connectivity index (χ2v) is 5.91. The summed E-state index contributed by atoms with van der Waals surface area (Å²) in [6.07, 6.45) is 6.14. The van der Waals surface area contributed by atoms with Gasteiger partial charge < -0.3 is 16.0 Å². The van der Waals surface area contributed by atoms with E-state index in [0.29, 0.717) is 19.1 Å². The quantitative estimate of drug-likeness (QED) is 0.804. The average Bonchev–Trinajstić information content (AvgIpc) is 3.02. The third kappa shape index (κ3) is 4.83. The molecule has 1 aliphatic rings. The van der Waals surface area contributed by atoms with Gasteiger partial charge in [0.1, 0.15) is 0 Å². The molecular formula is C17H27N3O. The van der Waals surface area contributed by atoms with Crippen LogP contribution in [0.2, 0.25) is 0 Å². The van der Waals surface area contributed by atoms with Gasteiger partial charge in [-0.2, -0.15) is 0 Å². The summed E-state index contributed by atoms with van der Waals surface area (Å²) in [6.45, 7) is 2.26. The number of hydrogen-bond acceptors (Lipinski definition) is 3. The number of likely N-dealkylation sites (N-methyl/N-ethyl adjacent to an activating group) is 1. The molecule has 0 unspecified atom stereocenters. The Morgan fingerprint density at radius 2 is 1.95 bits per heavy atom. The number of rotatable bonds is 7.